The summed E-state index contributed by atoms with van der Waals surface area (Å²) >= 11 is 0. The van der Waals surface area contributed by atoms with Crippen LogP contribution in [0.5, 0.6) is 0 Å². The molecule has 8 fully saturated rings. The molecule has 29 N–H and O–H groups in total. The topological polar surface area (TPSA) is 779 Å². The van der Waals surface area contributed by atoms with E-state index in [1.54, 1.807) is 0 Å². The van der Waals surface area contributed by atoms with Gasteiger partial charge in [0.05, 0.1) is 71.6 Å². The smallest absolute Gasteiger partial charge is 0.217 e. The van der Waals surface area contributed by atoms with Crippen LogP contribution in [0.3, 0.4) is 0 Å². The lowest BCUT2D eigenvalue weighted by Crippen LogP contribution is -2.71. The number of aliphatic hydroxyl groups is 24. The van der Waals surface area contributed by atoms with E-state index in [0.29, 0.717) is 0 Å². The number of carbonyl (C=O) groups is 5. The molecule has 8 saturated heterocycles. The van der Waals surface area contributed by atoms with Crippen molar-refractivity contribution in [1.82, 2.24) is 26.6 Å². The fraction of sp³-hybridized carbons (Fsp3) is 0.922. The van der Waals surface area contributed by atoms with Crippen LogP contribution in [0, 0.1) is 0 Å². The molecular weight excluding hydrogens is 1560 g/mol. The molecular formula is C64H109N5O45. The van der Waals surface area contributed by atoms with E-state index in [1.165, 1.54) is 6.92 Å². The summed E-state index contributed by atoms with van der Waals surface area (Å²) < 4.78 is 97.2. The molecule has 8 rings (SSSR count). The van der Waals surface area contributed by atoms with Crippen LogP contribution in [-0.2, 0) is 99.8 Å². The molecule has 0 spiro atoms. The number of ether oxygens (including phenoxy) is 16. The number of nitrogens with one attached hydrogen (secondary N) is 5. The minimum Gasteiger partial charge on any atom is -0.394 e. The maximum Gasteiger partial charge on any atom is 0.217 e. The average Bonchev–Trinajstić information content (AvgIpc) is 0.760. The molecule has 50 heteroatoms. The molecule has 0 bridgehead atoms. The van der Waals surface area contributed by atoms with Gasteiger partial charge in [-0.05, 0) is 6.92 Å². The lowest BCUT2D eigenvalue weighted by atomic mass is 9.93. The summed E-state index contributed by atoms with van der Waals surface area (Å²) in [6, 6.07) is -9.52. The fourth-order valence-corrected chi connectivity index (χ4v) is 14.3. The van der Waals surface area contributed by atoms with Crippen LogP contribution in [0.4, 0.5) is 0 Å². The Morgan fingerprint density at radius 1 is 0.325 bits per heavy atom. The van der Waals surface area contributed by atoms with Gasteiger partial charge in [0.25, 0.3) is 0 Å². The molecule has 0 aromatic carbocycles. The SMILES string of the molecule is CC(=O)N[C@H]1[C@H](O[C@@H]([C@H](O)[C@H](CO)NC(C)=O)[C@H](O)CO[C@@H]2O[C@@H](C)[C@@H](O)[C@@H](O)[C@@H]2O)O[C@H](CO)[C@@H](O[C@@H]2O[C@H](CO[C@H]3O[C@H](CO)[C@@H](O)[C@H](O)[C@@H]3O[C@@H]3O[C@H](CO)[C@@H](O)[C@H](O)[C@H]3NC(C)=O)[C@@H](O[C@@H]3O[C@H](CO)[C@@H](O)[C@H](O)[C@H]3NC(C)=O)[C@H](O[C@H]3O[C@H](CO)[C@@H](O)[C@H](O)[C@@H]3O[C@@H]3O[C@H](CO)[C@@H](O)[C@H](O)[C@H]3NC(C)=O)[C@@H]2O)[C@@H]1O. The zero-order chi connectivity index (χ0) is 84.5. The van der Waals surface area contributed by atoms with E-state index in [4.69, 9.17) is 75.8 Å². The van der Waals surface area contributed by atoms with Gasteiger partial charge >= 0.3 is 0 Å². The molecule has 660 valence electrons. The molecule has 0 aromatic heterocycles. The van der Waals surface area contributed by atoms with E-state index < -0.39 is 359 Å². The average molecular weight is 1670 g/mol. The normalized spacial score (nSPS) is 45.3. The first-order valence-electron chi connectivity index (χ1n) is 36.4. The molecule has 0 saturated carbocycles. The third kappa shape index (κ3) is 22.1. The summed E-state index contributed by atoms with van der Waals surface area (Å²) in [5.41, 5.74) is 0. The van der Waals surface area contributed by atoms with Crippen molar-refractivity contribution >= 4 is 29.5 Å². The molecule has 0 radical (unpaired) electrons. The van der Waals surface area contributed by atoms with Crippen LogP contribution in [0.2, 0.25) is 0 Å². The Balaban J connectivity index is 1.27. The van der Waals surface area contributed by atoms with Crippen molar-refractivity contribution in [3.63, 3.8) is 0 Å². The second-order valence-corrected chi connectivity index (χ2v) is 28.7. The van der Waals surface area contributed by atoms with Gasteiger partial charge in [0.1, 0.15) is 207 Å². The summed E-state index contributed by atoms with van der Waals surface area (Å²) in [6.07, 6.45) is -83.4. The second kappa shape index (κ2) is 42.3. The van der Waals surface area contributed by atoms with Crippen molar-refractivity contribution in [3.05, 3.63) is 0 Å². The summed E-state index contributed by atoms with van der Waals surface area (Å²) in [4.78, 5) is 64.0. The van der Waals surface area contributed by atoms with Crippen LogP contribution in [0.15, 0.2) is 0 Å². The van der Waals surface area contributed by atoms with E-state index in [0.717, 1.165) is 34.6 Å². The van der Waals surface area contributed by atoms with E-state index >= 15 is 0 Å². The number of rotatable bonds is 33. The van der Waals surface area contributed by atoms with Crippen molar-refractivity contribution in [3.8, 4) is 0 Å². The van der Waals surface area contributed by atoms with Crippen molar-refractivity contribution in [2.24, 2.45) is 0 Å². The quantitative estimate of drug-likeness (QED) is 0.0290. The van der Waals surface area contributed by atoms with Crippen LogP contribution in [0.25, 0.3) is 0 Å². The first-order chi connectivity index (χ1) is 53.8. The predicted octanol–water partition coefficient (Wildman–Crippen LogP) is -19.2. The van der Waals surface area contributed by atoms with Gasteiger partial charge in [-0.15, -0.1) is 0 Å². The molecule has 114 heavy (non-hydrogen) atoms. The van der Waals surface area contributed by atoms with Crippen LogP contribution < -0.4 is 26.6 Å². The monoisotopic (exact) mass is 1670 g/mol. The molecule has 0 aliphatic carbocycles. The number of carbonyl (C=O) groups excluding carboxylic acids is 5. The number of aliphatic hydroxyl groups excluding tert-OH is 24. The lowest BCUT2D eigenvalue weighted by molar-refractivity contribution is -0.407. The maximum absolute atomic E-state index is 13.3. The van der Waals surface area contributed by atoms with Gasteiger partial charge in [-0.1, -0.05) is 0 Å². The van der Waals surface area contributed by atoms with Gasteiger partial charge in [-0.3, -0.25) is 24.0 Å². The summed E-state index contributed by atoms with van der Waals surface area (Å²) in [6.45, 7) is -4.39. The summed E-state index contributed by atoms with van der Waals surface area (Å²) in [7, 11) is 0. The van der Waals surface area contributed by atoms with E-state index in [1.807, 2.05) is 0 Å². The van der Waals surface area contributed by atoms with E-state index in [2.05, 4.69) is 26.6 Å². The van der Waals surface area contributed by atoms with Crippen LogP contribution in [-0.4, -0.2) is 481 Å². The van der Waals surface area contributed by atoms with E-state index in [-0.39, 0.29) is 0 Å². The second-order valence-electron chi connectivity index (χ2n) is 28.7. The zero-order valence-corrected chi connectivity index (χ0v) is 62.1. The fourth-order valence-electron chi connectivity index (χ4n) is 14.3. The third-order valence-corrected chi connectivity index (χ3v) is 20.4. The minimum absolute atomic E-state index is 0.871. The van der Waals surface area contributed by atoms with Crippen molar-refractivity contribution in [2.75, 3.05) is 59.5 Å². The van der Waals surface area contributed by atoms with Gasteiger partial charge in [0.2, 0.25) is 29.5 Å². The lowest BCUT2D eigenvalue weighted by Gasteiger charge is -2.52. The Kier molecular flexibility index (Phi) is 35.3. The summed E-state index contributed by atoms with van der Waals surface area (Å²) in [5.74, 6) is -4.68. The Morgan fingerprint density at radius 3 is 1.10 bits per heavy atom. The first-order valence-corrected chi connectivity index (χ1v) is 36.4. The van der Waals surface area contributed by atoms with Crippen LogP contribution in [0.1, 0.15) is 41.5 Å². The Labute approximate surface area is 647 Å². The number of hydrogen-bond donors (Lipinski definition) is 29. The molecule has 44 atom stereocenters. The van der Waals surface area contributed by atoms with Gasteiger partial charge in [0.15, 0.2) is 50.3 Å². The zero-order valence-electron chi connectivity index (χ0n) is 62.1. The van der Waals surface area contributed by atoms with Gasteiger partial charge in [-0.2, -0.15) is 0 Å². The van der Waals surface area contributed by atoms with Gasteiger partial charge in [0, 0.05) is 34.6 Å². The van der Waals surface area contributed by atoms with Gasteiger partial charge in [-0.25, -0.2) is 0 Å². The van der Waals surface area contributed by atoms with Crippen molar-refractivity contribution < 1.29 is 222 Å². The minimum atomic E-state index is -2.72. The predicted molar refractivity (Wildman–Crippen MR) is 356 cm³/mol. The molecule has 0 unspecified atom stereocenters. The molecule has 5 amide bonds. The standard InChI is InChI=1S/C64H109N5O45/c1-16-35(83)46(94)49(97)61(101-16)99-14-23(82)51(36(84)22(7-70)65-17(2)77)109-60-34(69-21(6)81)45(93)52(29(13-76)107-60)110-62-50(98)54(112-64-56(48(96)41(89)28(12-75)106-64)114-59-33(68-20(5)80)44(92)39(87)26(10-73)104-59)53(111-57-31(66-18(3)78)42(90)37(85)24(8-71)102-57)30(108-62)15-100-63-55(47(95)40(88)27(11-74)105-63)113-58-32(67-19(4)79)43(91)38(86)25(9-72)103-58/h16,22-64,70-76,82-98H,7-15H2,1-6H3,(H,65,77)(H,66,78)(H,67,79)(H,68,80)(H,69,81)/t16-,22-,23+,24+,25+,26+,27+,28+,29+,30+,31+,32+,33+,34+,35+,36+,37+,38+,39+,40+,41+,42+,43+,44+,45+,46+,47-,48-,49-,50-,51+,52+,53+,54+,55-,56-,57-,58-,59-,60-,61+,62-,63-,64+/m0/s1. The highest BCUT2D eigenvalue weighted by molar-refractivity contribution is 5.75. The Bertz CT molecular complexity index is 3030. The molecule has 8 aliphatic rings. The number of amides is 5. The van der Waals surface area contributed by atoms with E-state index in [9.17, 15) is 147 Å². The third-order valence-electron chi connectivity index (χ3n) is 20.4. The molecule has 8 heterocycles. The van der Waals surface area contributed by atoms with Crippen molar-refractivity contribution in [2.45, 2.75) is 311 Å². The first kappa shape index (κ1) is 95.2. The van der Waals surface area contributed by atoms with Gasteiger partial charge < -0.3 is 225 Å². The summed E-state index contributed by atoms with van der Waals surface area (Å²) in [5, 5.41) is 281. The maximum atomic E-state index is 13.3. The number of hydrogen-bond acceptors (Lipinski definition) is 45. The highest BCUT2D eigenvalue weighted by atomic mass is 16.8. The van der Waals surface area contributed by atoms with Crippen molar-refractivity contribution in [1.29, 1.82) is 0 Å². The molecule has 50 nitrogen and oxygen atoms in total. The molecule has 0 aromatic rings. The van der Waals surface area contributed by atoms with Crippen LogP contribution >= 0.6 is 0 Å². The Hall–Kier alpha value is -4.25. The molecule has 8 aliphatic heterocycles. The largest absolute Gasteiger partial charge is 0.394 e. The Morgan fingerprint density at radius 2 is 0.684 bits per heavy atom. The highest BCUT2D eigenvalue weighted by Crippen LogP contribution is 2.40. The highest BCUT2D eigenvalue weighted by Gasteiger charge is 2.61.